The molecule has 1 aromatic carbocycles. The van der Waals surface area contributed by atoms with Crippen LogP contribution in [0.15, 0.2) is 30.6 Å². The summed E-state index contributed by atoms with van der Waals surface area (Å²) in [6.45, 7) is 0. The van der Waals surface area contributed by atoms with Crippen molar-refractivity contribution in [2.45, 2.75) is 6.10 Å². The van der Waals surface area contributed by atoms with Crippen LogP contribution in [0.5, 0.6) is 0 Å². The molecular formula is C11H10ClFN2O. The molecule has 0 amide bonds. The van der Waals surface area contributed by atoms with E-state index >= 15 is 0 Å². The van der Waals surface area contributed by atoms with Gasteiger partial charge in [0.05, 0.1) is 5.02 Å². The number of aromatic nitrogens is 2. The zero-order chi connectivity index (χ0) is 11.7. The van der Waals surface area contributed by atoms with Gasteiger partial charge >= 0.3 is 0 Å². The molecular weight excluding hydrogens is 231 g/mol. The molecule has 0 bridgehead atoms. The molecule has 0 fully saturated rings. The van der Waals surface area contributed by atoms with E-state index in [1.807, 2.05) is 0 Å². The molecule has 2 aromatic rings. The van der Waals surface area contributed by atoms with Crippen LogP contribution in [-0.4, -0.2) is 14.7 Å². The van der Waals surface area contributed by atoms with Gasteiger partial charge in [-0.2, -0.15) is 0 Å². The van der Waals surface area contributed by atoms with Gasteiger partial charge in [-0.05, 0) is 17.7 Å². The van der Waals surface area contributed by atoms with Crippen LogP contribution >= 0.6 is 11.6 Å². The maximum atomic E-state index is 13.2. The molecule has 84 valence electrons. The van der Waals surface area contributed by atoms with E-state index in [0.717, 1.165) is 0 Å². The molecule has 3 nitrogen and oxygen atoms in total. The molecule has 1 N–H and O–H groups in total. The Bertz CT molecular complexity index is 512. The predicted octanol–water partition coefficient (Wildman–Crippen LogP) is 2.29. The number of aliphatic hydroxyl groups is 1. The van der Waals surface area contributed by atoms with Gasteiger partial charge in [-0.15, -0.1) is 0 Å². The van der Waals surface area contributed by atoms with E-state index in [9.17, 15) is 9.50 Å². The number of hydrogen-bond acceptors (Lipinski definition) is 2. The lowest BCUT2D eigenvalue weighted by molar-refractivity contribution is 0.206. The summed E-state index contributed by atoms with van der Waals surface area (Å²) in [4.78, 5) is 4.00. The minimum atomic E-state index is -0.952. The number of rotatable bonds is 2. The summed E-state index contributed by atoms with van der Waals surface area (Å²) in [5.41, 5.74) is 0.427. The van der Waals surface area contributed by atoms with E-state index in [1.54, 1.807) is 30.1 Å². The monoisotopic (exact) mass is 240 g/mol. The van der Waals surface area contributed by atoms with Gasteiger partial charge in [-0.25, -0.2) is 9.37 Å². The van der Waals surface area contributed by atoms with E-state index in [4.69, 9.17) is 11.6 Å². The average Bonchev–Trinajstić information content (AvgIpc) is 2.67. The van der Waals surface area contributed by atoms with Gasteiger partial charge in [-0.3, -0.25) is 0 Å². The highest BCUT2D eigenvalue weighted by molar-refractivity contribution is 6.30. The Balaban J connectivity index is 2.38. The van der Waals surface area contributed by atoms with Crippen molar-refractivity contribution in [3.05, 3.63) is 52.8 Å². The molecule has 0 spiro atoms. The summed E-state index contributed by atoms with van der Waals surface area (Å²) in [6.07, 6.45) is 2.34. The van der Waals surface area contributed by atoms with Crippen LogP contribution in [0, 0.1) is 5.82 Å². The summed E-state index contributed by atoms with van der Waals surface area (Å²) in [5.74, 6) is -0.0888. The van der Waals surface area contributed by atoms with Crippen LogP contribution in [0.4, 0.5) is 4.39 Å². The van der Waals surface area contributed by atoms with E-state index in [0.29, 0.717) is 11.4 Å². The maximum absolute atomic E-state index is 13.2. The Morgan fingerprint density at radius 1 is 1.50 bits per heavy atom. The third-order valence-corrected chi connectivity index (χ3v) is 2.67. The highest BCUT2D eigenvalue weighted by Gasteiger charge is 2.16. The minimum Gasteiger partial charge on any atom is -0.380 e. The van der Waals surface area contributed by atoms with Crippen molar-refractivity contribution >= 4 is 11.6 Å². The van der Waals surface area contributed by atoms with Gasteiger partial charge in [0.25, 0.3) is 0 Å². The zero-order valence-corrected chi connectivity index (χ0v) is 9.32. The standard InChI is InChI=1S/C11H10ClFN2O/c1-15-5-4-14-11(15)10(16)7-2-3-8(12)9(13)6-7/h2-6,10,16H,1H3. The molecule has 0 saturated carbocycles. The third-order valence-electron chi connectivity index (χ3n) is 2.36. The quantitative estimate of drug-likeness (QED) is 0.875. The van der Waals surface area contributed by atoms with E-state index in [-0.39, 0.29) is 5.02 Å². The first-order valence-corrected chi connectivity index (χ1v) is 5.07. The third kappa shape index (κ3) is 1.94. The van der Waals surface area contributed by atoms with Gasteiger partial charge in [0.1, 0.15) is 17.7 Å². The SMILES string of the molecule is Cn1ccnc1C(O)c1ccc(Cl)c(F)c1. The van der Waals surface area contributed by atoms with Gasteiger partial charge in [0.15, 0.2) is 0 Å². The van der Waals surface area contributed by atoms with E-state index in [1.165, 1.54) is 12.1 Å². The zero-order valence-electron chi connectivity index (χ0n) is 8.56. The average molecular weight is 241 g/mol. The fourth-order valence-electron chi connectivity index (χ4n) is 1.47. The lowest BCUT2D eigenvalue weighted by Crippen LogP contribution is -2.07. The van der Waals surface area contributed by atoms with Crippen molar-refractivity contribution in [3.8, 4) is 0 Å². The Labute approximate surface area is 97.1 Å². The second-order valence-corrected chi connectivity index (χ2v) is 3.88. The fraction of sp³-hybridized carbons (Fsp3) is 0.182. The van der Waals surface area contributed by atoms with Crippen LogP contribution in [0.1, 0.15) is 17.5 Å². The Hall–Kier alpha value is -1.39. The summed E-state index contributed by atoms with van der Waals surface area (Å²) in [6, 6.07) is 4.20. The van der Waals surface area contributed by atoms with E-state index in [2.05, 4.69) is 4.98 Å². The highest BCUT2D eigenvalue weighted by Crippen LogP contribution is 2.23. The first-order valence-electron chi connectivity index (χ1n) is 4.70. The fourth-order valence-corrected chi connectivity index (χ4v) is 1.59. The lowest BCUT2D eigenvalue weighted by atomic mass is 10.1. The van der Waals surface area contributed by atoms with Crippen LogP contribution in [0.2, 0.25) is 5.02 Å². The van der Waals surface area contributed by atoms with E-state index < -0.39 is 11.9 Å². The summed E-state index contributed by atoms with van der Waals surface area (Å²) in [5, 5.41) is 10.0. The molecule has 0 aliphatic carbocycles. The number of aliphatic hydroxyl groups excluding tert-OH is 1. The maximum Gasteiger partial charge on any atom is 0.142 e. The minimum absolute atomic E-state index is 0.0378. The van der Waals surface area contributed by atoms with Gasteiger partial charge in [0, 0.05) is 19.4 Å². The molecule has 0 aliphatic rings. The topological polar surface area (TPSA) is 38.0 Å². The number of imidazole rings is 1. The smallest absolute Gasteiger partial charge is 0.142 e. The number of halogens is 2. The van der Waals surface area contributed by atoms with Crippen molar-refractivity contribution in [2.75, 3.05) is 0 Å². The normalized spacial score (nSPS) is 12.8. The summed E-state index contributed by atoms with van der Waals surface area (Å²) >= 11 is 5.56. The van der Waals surface area contributed by atoms with Gasteiger partial charge in [0.2, 0.25) is 0 Å². The van der Waals surface area contributed by atoms with Crippen LogP contribution in [0.3, 0.4) is 0 Å². The molecule has 0 saturated heterocycles. The van der Waals surface area contributed by atoms with Crippen molar-refractivity contribution in [2.24, 2.45) is 7.05 Å². The van der Waals surface area contributed by atoms with Gasteiger partial charge < -0.3 is 9.67 Å². The molecule has 0 radical (unpaired) electrons. The van der Waals surface area contributed by atoms with Crippen molar-refractivity contribution in [1.82, 2.24) is 9.55 Å². The van der Waals surface area contributed by atoms with Crippen molar-refractivity contribution in [3.63, 3.8) is 0 Å². The number of hydrogen-bond donors (Lipinski definition) is 1. The van der Waals surface area contributed by atoms with Gasteiger partial charge in [-0.1, -0.05) is 17.7 Å². The van der Waals surface area contributed by atoms with Crippen molar-refractivity contribution < 1.29 is 9.50 Å². The molecule has 1 unspecified atom stereocenters. The number of aryl methyl sites for hydroxylation is 1. The molecule has 1 heterocycles. The second-order valence-electron chi connectivity index (χ2n) is 3.47. The lowest BCUT2D eigenvalue weighted by Gasteiger charge is -2.11. The molecule has 0 aliphatic heterocycles. The largest absolute Gasteiger partial charge is 0.380 e. The highest BCUT2D eigenvalue weighted by atomic mass is 35.5. The molecule has 2 rings (SSSR count). The Morgan fingerprint density at radius 3 is 2.81 bits per heavy atom. The predicted molar refractivity (Wildman–Crippen MR) is 58.7 cm³/mol. The summed E-state index contributed by atoms with van der Waals surface area (Å²) in [7, 11) is 1.76. The molecule has 16 heavy (non-hydrogen) atoms. The molecule has 1 aromatic heterocycles. The first kappa shape index (κ1) is 11.1. The summed E-state index contributed by atoms with van der Waals surface area (Å²) < 4.78 is 14.9. The van der Waals surface area contributed by atoms with Crippen molar-refractivity contribution in [1.29, 1.82) is 0 Å². The number of benzene rings is 1. The first-order chi connectivity index (χ1) is 7.59. The second kappa shape index (κ2) is 4.23. The van der Waals surface area contributed by atoms with Crippen LogP contribution in [-0.2, 0) is 7.05 Å². The number of nitrogens with zero attached hydrogens (tertiary/aromatic N) is 2. The van der Waals surface area contributed by atoms with Crippen LogP contribution in [0.25, 0.3) is 0 Å². The molecule has 1 atom stereocenters. The molecule has 5 heteroatoms. The Kier molecular flexibility index (Phi) is 2.94. The Morgan fingerprint density at radius 2 is 2.25 bits per heavy atom. The van der Waals surface area contributed by atoms with Crippen LogP contribution < -0.4 is 0 Å².